The Bertz CT molecular complexity index is 3110. The predicted molar refractivity (Wildman–Crippen MR) is 363 cm³/mol. The average molecular weight is 1270 g/mol. The van der Waals surface area contributed by atoms with Crippen LogP contribution in [-0.4, -0.2) is 109 Å². The van der Waals surface area contributed by atoms with Crippen LogP contribution in [-0.2, 0) is 51.7 Å². The highest BCUT2D eigenvalue weighted by molar-refractivity contribution is 7.98. The zero-order chi connectivity index (χ0) is 62.9. The summed E-state index contributed by atoms with van der Waals surface area (Å²) in [5, 5.41) is 19.4. The van der Waals surface area contributed by atoms with Crippen LogP contribution in [0.1, 0.15) is 102 Å². The van der Waals surface area contributed by atoms with Crippen LogP contribution in [0.3, 0.4) is 0 Å². The first-order valence-electron chi connectivity index (χ1n) is 30.0. The maximum absolute atomic E-state index is 13.9. The second kappa shape index (κ2) is 40.4. The first-order chi connectivity index (χ1) is 41.5. The molecule has 7 aromatic rings. The molecule has 0 bridgehead atoms. The molecule has 7 aromatic carbocycles. The second-order valence-corrected chi connectivity index (χ2v) is 25.7. The molecule has 12 nitrogen and oxygen atoms in total. The van der Waals surface area contributed by atoms with E-state index in [4.69, 9.17) is 42.1 Å². The van der Waals surface area contributed by atoms with Gasteiger partial charge in [-0.3, -0.25) is 9.11 Å². The molecule has 1 saturated carbocycles. The van der Waals surface area contributed by atoms with Gasteiger partial charge >= 0.3 is 0 Å². The summed E-state index contributed by atoms with van der Waals surface area (Å²) >= 11 is 14.0. The Morgan fingerprint density at radius 2 is 1.29 bits per heavy atom. The van der Waals surface area contributed by atoms with Gasteiger partial charge in [0.05, 0.1) is 52.7 Å². The molecule has 3 atom stereocenters. The topological polar surface area (TPSA) is 139 Å². The SMILES string of the molecule is CC.CC1CNCC(C)O1.CCCOc1ccc2ccccc2c1CNC.CCOc1cc(S(=O)(=O)N(Cc2ccccc2)Cc2ccccc2)c(OCC)cc1C.CCSC.O=S(CCN(Cc1ccc(O)cc1)C1CC1)c1cc(Cl)ccc1Cl. The third-order valence-electron chi connectivity index (χ3n) is 13.4. The van der Waals surface area contributed by atoms with Gasteiger partial charge in [0.1, 0.15) is 27.9 Å². The normalized spacial score (nSPS) is 14.7. The van der Waals surface area contributed by atoms with Gasteiger partial charge in [-0.25, -0.2) is 8.42 Å². The number of benzene rings is 7. The molecule has 3 unspecified atom stereocenters. The number of thioether (sulfide) groups is 1. The Morgan fingerprint density at radius 3 is 1.83 bits per heavy atom. The number of rotatable bonds is 23. The van der Waals surface area contributed by atoms with Crippen molar-refractivity contribution in [2.45, 2.75) is 136 Å². The van der Waals surface area contributed by atoms with Crippen LogP contribution in [0.25, 0.3) is 10.8 Å². The van der Waals surface area contributed by atoms with Gasteiger partial charge in [-0.05, 0) is 148 Å². The smallest absolute Gasteiger partial charge is 0.247 e. The Balaban J connectivity index is 0.000000255. The summed E-state index contributed by atoms with van der Waals surface area (Å²) in [6, 6.07) is 48.0. The van der Waals surface area contributed by atoms with Crippen molar-refractivity contribution in [3.05, 3.63) is 190 Å². The van der Waals surface area contributed by atoms with Crippen molar-refractivity contribution < 1.29 is 36.7 Å². The number of nitrogens with one attached hydrogen (secondary N) is 2. The van der Waals surface area contributed by atoms with Gasteiger partial charge < -0.3 is 34.7 Å². The maximum Gasteiger partial charge on any atom is 0.247 e. The van der Waals surface area contributed by atoms with E-state index in [1.807, 2.05) is 126 Å². The molecule has 1 heterocycles. The number of phenolic OH excluding ortho intramolecular Hbond substituents is 1. The molecular weight excluding hydrogens is 1180 g/mol. The number of hydrogen-bond donors (Lipinski definition) is 3. The summed E-state index contributed by atoms with van der Waals surface area (Å²) in [4.78, 5) is 3.07. The minimum atomic E-state index is -3.88. The van der Waals surface area contributed by atoms with Gasteiger partial charge in [-0.2, -0.15) is 16.1 Å². The number of nitrogens with zero attached hydrogens (tertiary/aromatic N) is 2. The lowest BCUT2D eigenvalue weighted by Gasteiger charge is -2.25. The first kappa shape index (κ1) is 73.3. The third-order valence-corrected chi connectivity index (χ3v) is 17.8. The lowest BCUT2D eigenvalue weighted by atomic mass is 10.0. The summed E-state index contributed by atoms with van der Waals surface area (Å²) in [7, 11) is -3.09. The highest BCUT2D eigenvalue weighted by atomic mass is 35.5. The summed E-state index contributed by atoms with van der Waals surface area (Å²) < 4.78 is 64.5. The Labute approximate surface area is 532 Å². The molecule has 0 amide bonds. The van der Waals surface area contributed by atoms with Gasteiger partial charge in [-0.15, -0.1) is 0 Å². The van der Waals surface area contributed by atoms with Crippen molar-refractivity contribution in [2.75, 3.05) is 64.3 Å². The van der Waals surface area contributed by atoms with Gasteiger partial charge in [0.25, 0.3) is 0 Å². The van der Waals surface area contributed by atoms with Crippen molar-refractivity contribution in [1.82, 2.24) is 19.8 Å². The zero-order valence-electron chi connectivity index (χ0n) is 52.5. The van der Waals surface area contributed by atoms with Crippen LogP contribution in [0.2, 0.25) is 10.0 Å². The van der Waals surface area contributed by atoms with Crippen LogP contribution in [0.4, 0.5) is 0 Å². The quantitative estimate of drug-likeness (QED) is 0.0562. The number of aromatic hydroxyl groups is 1. The standard InChI is InChI=1S/C25H29NO4S.C18H19Cl2NO2S.C15H19NO.C6H13NO.C3H8S.C2H6/c1-4-29-23-17-25(24(30-5-2)16-20(23)3)31(27,28)26(18-21-12-8-6-9-13-21)19-22-14-10-7-11-15-22;19-14-3-8-17(20)18(11-14)24(23)10-9-21(15-4-5-15)12-13-1-6-16(22)7-2-13;1-3-10-17-15-9-8-12-6-4-5-7-13(12)14(15)11-16-2;1-5-3-7-4-6(2)8-5;1-3-4-2;1-2/h6-17H,4-5,18-19H2,1-3H3;1-3,6-8,11,15,22H,4-5,9-10,12H2;4-9,16H,3,10-11H2,1-2H3;5-7H,3-4H2,1-2H3;3H2,1-2H3;1-2H3. The molecule has 86 heavy (non-hydrogen) atoms. The molecule has 3 N–H and O–H groups in total. The van der Waals surface area contributed by atoms with E-state index >= 15 is 0 Å². The number of aryl methyl sites for hydroxylation is 1. The Hall–Kier alpha value is -5.17. The highest BCUT2D eigenvalue weighted by Crippen LogP contribution is 2.36. The van der Waals surface area contributed by atoms with Crippen molar-refractivity contribution in [1.29, 1.82) is 0 Å². The number of hydrogen-bond acceptors (Lipinski definition) is 12. The van der Waals surface area contributed by atoms with Gasteiger partial charge in [0.15, 0.2) is 0 Å². The van der Waals surface area contributed by atoms with E-state index in [9.17, 15) is 17.7 Å². The second-order valence-electron chi connectivity index (χ2n) is 20.3. The van der Waals surface area contributed by atoms with Gasteiger partial charge in [0, 0.05) is 74.3 Å². The van der Waals surface area contributed by atoms with Crippen molar-refractivity contribution >= 4 is 66.6 Å². The molecule has 0 radical (unpaired) electrons. The van der Waals surface area contributed by atoms with E-state index in [1.165, 1.54) is 39.2 Å². The Morgan fingerprint density at radius 1 is 0.721 bits per heavy atom. The maximum atomic E-state index is 13.9. The van der Waals surface area contributed by atoms with Crippen molar-refractivity contribution in [2.24, 2.45) is 0 Å². The number of sulfonamides is 1. The molecule has 1 aliphatic heterocycles. The lowest BCUT2D eigenvalue weighted by molar-refractivity contribution is -0.0166. The van der Waals surface area contributed by atoms with Crippen LogP contribution in [0.5, 0.6) is 23.0 Å². The summed E-state index contributed by atoms with van der Waals surface area (Å²) in [6.45, 7) is 24.5. The number of morpholine rings is 1. The Kier molecular flexibility index (Phi) is 34.4. The van der Waals surface area contributed by atoms with Crippen LogP contribution >= 0.6 is 35.0 Å². The molecule has 0 spiro atoms. The molecule has 2 fully saturated rings. The predicted octanol–water partition coefficient (Wildman–Crippen LogP) is 15.8. The van der Waals surface area contributed by atoms with E-state index in [0.717, 1.165) is 73.8 Å². The molecular formula is C69H94Cl2N4O8S3. The van der Waals surface area contributed by atoms with Gasteiger partial charge in [-0.1, -0.05) is 154 Å². The summed E-state index contributed by atoms with van der Waals surface area (Å²) in [6.07, 6.45) is 6.30. The number of fused-ring (bicyclic) bond motifs is 1. The monoisotopic (exact) mass is 1270 g/mol. The largest absolute Gasteiger partial charge is 0.508 e. The molecule has 1 saturated heterocycles. The fourth-order valence-electron chi connectivity index (χ4n) is 9.00. The van der Waals surface area contributed by atoms with Gasteiger partial charge in [0.2, 0.25) is 10.0 Å². The molecule has 9 rings (SSSR count). The molecule has 0 aromatic heterocycles. The lowest BCUT2D eigenvalue weighted by Crippen LogP contribution is -2.41. The molecule has 470 valence electrons. The van der Waals surface area contributed by atoms with Crippen LogP contribution in [0, 0.1) is 6.92 Å². The minimum Gasteiger partial charge on any atom is -0.508 e. The number of phenols is 1. The third kappa shape index (κ3) is 25.1. The summed E-state index contributed by atoms with van der Waals surface area (Å²) in [5.41, 5.74) is 5.06. The van der Waals surface area contributed by atoms with Crippen molar-refractivity contribution in [3.63, 3.8) is 0 Å². The minimum absolute atomic E-state index is 0.121. The first-order valence-corrected chi connectivity index (χ1v) is 34.9. The number of halogens is 2. The fourth-order valence-corrected chi connectivity index (χ4v) is 12.3. The highest BCUT2D eigenvalue weighted by Gasteiger charge is 2.31. The molecule has 17 heteroatoms. The van der Waals surface area contributed by atoms with E-state index in [1.54, 1.807) is 42.5 Å². The average Bonchev–Trinajstić information content (AvgIpc) is 3.78. The van der Waals surface area contributed by atoms with E-state index in [0.29, 0.717) is 63.7 Å². The van der Waals surface area contributed by atoms with Crippen LogP contribution in [0.15, 0.2) is 161 Å². The van der Waals surface area contributed by atoms with Crippen LogP contribution < -0.4 is 24.8 Å². The fraction of sp³-hybridized carbons (Fsp3) is 0.420. The zero-order valence-corrected chi connectivity index (χ0v) is 56.4. The summed E-state index contributed by atoms with van der Waals surface area (Å²) in [5.74, 6) is 3.92. The van der Waals surface area contributed by atoms with E-state index in [2.05, 4.69) is 85.9 Å². The molecule has 2 aliphatic rings. The number of ether oxygens (including phenoxy) is 4. The molecule has 1 aliphatic carbocycles. The van der Waals surface area contributed by atoms with Crippen molar-refractivity contribution in [3.8, 4) is 23.0 Å². The van der Waals surface area contributed by atoms with E-state index < -0.39 is 20.8 Å². The van der Waals surface area contributed by atoms with E-state index in [-0.39, 0.29) is 23.7 Å².